The lowest BCUT2D eigenvalue weighted by Gasteiger charge is -2.39. The highest BCUT2D eigenvalue weighted by Gasteiger charge is 2.53. The van der Waals surface area contributed by atoms with Gasteiger partial charge in [-0.3, -0.25) is 4.90 Å². The van der Waals surface area contributed by atoms with E-state index in [0.29, 0.717) is 6.04 Å². The van der Waals surface area contributed by atoms with Crippen LogP contribution in [-0.4, -0.2) is 49.2 Å². The molecule has 2 aliphatic rings. The molecule has 2 rings (SSSR count). The van der Waals surface area contributed by atoms with E-state index in [9.17, 15) is 4.79 Å². The summed E-state index contributed by atoms with van der Waals surface area (Å²) in [5.41, 5.74) is -0.441. The van der Waals surface area contributed by atoms with Gasteiger partial charge in [-0.15, -0.1) is 0 Å². The maximum absolute atomic E-state index is 12.1. The second-order valence-corrected chi connectivity index (χ2v) is 4.79. The van der Waals surface area contributed by atoms with E-state index in [1.165, 1.54) is 20.0 Å². The first-order valence-electron chi connectivity index (χ1n) is 6.32. The number of esters is 1. The Morgan fingerprint density at radius 1 is 1.50 bits per heavy atom. The molecule has 0 radical (unpaired) electrons. The molecule has 0 amide bonds. The second-order valence-electron chi connectivity index (χ2n) is 4.79. The van der Waals surface area contributed by atoms with E-state index >= 15 is 0 Å². The molecule has 1 N–H and O–H groups in total. The number of likely N-dealkylation sites (N-methyl/N-ethyl adjacent to an activating group) is 1. The molecule has 2 unspecified atom stereocenters. The summed E-state index contributed by atoms with van der Waals surface area (Å²) in [5, 5.41) is 3.39. The van der Waals surface area contributed by atoms with Crippen molar-refractivity contribution in [1.82, 2.24) is 10.2 Å². The van der Waals surface area contributed by atoms with Crippen LogP contribution in [0, 0.1) is 0 Å². The molecule has 2 atom stereocenters. The fraction of sp³-hybridized carbons (Fsp3) is 0.917. The molecule has 2 aliphatic heterocycles. The second kappa shape index (κ2) is 4.72. The van der Waals surface area contributed by atoms with Crippen LogP contribution in [0.25, 0.3) is 0 Å². The Morgan fingerprint density at radius 3 is 3.00 bits per heavy atom. The molecular formula is C12H22N2O2. The number of fused-ring (bicyclic) bond motifs is 1. The molecule has 0 bridgehead atoms. The van der Waals surface area contributed by atoms with Crippen LogP contribution < -0.4 is 5.32 Å². The maximum Gasteiger partial charge on any atom is 0.327 e. The van der Waals surface area contributed by atoms with E-state index < -0.39 is 5.54 Å². The lowest BCUT2D eigenvalue weighted by atomic mass is 9.85. The Balaban J connectivity index is 2.21. The summed E-state index contributed by atoms with van der Waals surface area (Å²) < 4.78 is 5.01. The van der Waals surface area contributed by atoms with Crippen molar-refractivity contribution in [2.24, 2.45) is 0 Å². The van der Waals surface area contributed by atoms with Crippen molar-refractivity contribution in [3.8, 4) is 0 Å². The van der Waals surface area contributed by atoms with Crippen molar-refractivity contribution in [3.63, 3.8) is 0 Å². The number of piperidine rings is 1. The van der Waals surface area contributed by atoms with E-state index in [1.807, 2.05) is 0 Å². The number of hydrogen-bond donors (Lipinski definition) is 1. The summed E-state index contributed by atoms with van der Waals surface area (Å²) >= 11 is 0. The van der Waals surface area contributed by atoms with Crippen LogP contribution in [0.5, 0.6) is 0 Å². The summed E-state index contributed by atoms with van der Waals surface area (Å²) in [4.78, 5) is 14.5. The molecule has 0 aromatic rings. The fourth-order valence-electron chi connectivity index (χ4n) is 3.32. The summed E-state index contributed by atoms with van der Waals surface area (Å²) in [6, 6.07) is 0.341. The molecule has 2 saturated heterocycles. The lowest BCUT2D eigenvalue weighted by Crippen LogP contribution is -2.61. The molecule has 4 heteroatoms. The van der Waals surface area contributed by atoms with Gasteiger partial charge in [0, 0.05) is 12.6 Å². The van der Waals surface area contributed by atoms with Crippen molar-refractivity contribution < 1.29 is 9.53 Å². The molecule has 0 saturated carbocycles. The number of carbonyl (C=O) groups is 1. The van der Waals surface area contributed by atoms with Gasteiger partial charge in [-0.25, -0.2) is 4.79 Å². The highest BCUT2D eigenvalue weighted by Crippen LogP contribution is 2.35. The maximum atomic E-state index is 12.1. The monoisotopic (exact) mass is 226 g/mol. The number of rotatable bonds is 3. The molecule has 92 valence electrons. The first-order chi connectivity index (χ1) is 7.74. The third kappa shape index (κ3) is 1.74. The molecule has 0 spiro atoms. The van der Waals surface area contributed by atoms with E-state index in [1.54, 1.807) is 0 Å². The summed E-state index contributed by atoms with van der Waals surface area (Å²) in [5.74, 6) is -0.0799. The van der Waals surface area contributed by atoms with Gasteiger partial charge in [0.2, 0.25) is 0 Å². The summed E-state index contributed by atoms with van der Waals surface area (Å²) in [6.07, 6.45) is 4.49. The Labute approximate surface area is 97.3 Å². The van der Waals surface area contributed by atoms with Crippen LogP contribution in [0.1, 0.15) is 32.6 Å². The number of hydrogen-bond acceptors (Lipinski definition) is 4. The third-order valence-electron chi connectivity index (χ3n) is 4.02. The number of ether oxygens (including phenoxy) is 1. The lowest BCUT2D eigenvalue weighted by molar-refractivity contribution is -0.150. The van der Waals surface area contributed by atoms with Gasteiger partial charge in [0.05, 0.1) is 7.11 Å². The molecule has 0 aromatic heterocycles. The van der Waals surface area contributed by atoms with Gasteiger partial charge in [-0.1, -0.05) is 13.3 Å². The molecule has 0 aromatic carbocycles. The van der Waals surface area contributed by atoms with Gasteiger partial charge in [-0.2, -0.15) is 0 Å². The van der Waals surface area contributed by atoms with E-state index in [0.717, 1.165) is 32.5 Å². The van der Waals surface area contributed by atoms with Crippen LogP contribution in [0.4, 0.5) is 0 Å². The quantitative estimate of drug-likeness (QED) is 0.722. The molecule has 2 heterocycles. The number of methoxy groups -OCH3 is 1. The SMILES string of the molecule is CCNC1(C(=O)OC)CCN2CCCCC21. The average molecular weight is 226 g/mol. The molecule has 2 fully saturated rings. The topological polar surface area (TPSA) is 41.6 Å². The van der Waals surface area contributed by atoms with Gasteiger partial charge in [0.1, 0.15) is 5.54 Å². The zero-order valence-corrected chi connectivity index (χ0v) is 10.3. The molecule has 4 nitrogen and oxygen atoms in total. The predicted molar refractivity (Wildman–Crippen MR) is 62.3 cm³/mol. The Kier molecular flexibility index (Phi) is 3.50. The first kappa shape index (κ1) is 11.9. The van der Waals surface area contributed by atoms with Crippen LogP contribution >= 0.6 is 0 Å². The van der Waals surface area contributed by atoms with Gasteiger partial charge < -0.3 is 10.1 Å². The Hall–Kier alpha value is -0.610. The zero-order valence-electron chi connectivity index (χ0n) is 10.3. The van der Waals surface area contributed by atoms with Crippen LogP contribution in [-0.2, 0) is 9.53 Å². The van der Waals surface area contributed by atoms with Gasteiger partial charge in [-0.05, 0) is 32.4 Å². The minimum atomic E-state index is -0.441. The fourth-order valence-corrected chi connectivity index (χ4v) is 3.32. The van der Waals surface area contributed by atoms with Crippen LogP contribution in [0.3, 0.4) is 0 Å². The minimum absolute atomic E-state index is 0.0799. The standard InChI is InChI=1S/C12H22N2O2/c1-3-13-12(11(15)16-2)7-9-14-8-5-4-6-10(12)14/h10,13H,3-9H2,1-2H3. The van der Waals surface area contributed by atoms with Crippen molar-refractivity contribution in [3.05, 3.63) is 0 Å². The summed E-state index contributed by atoms with van der Waals surface area (Å²) in [6.45, 7) is 5.02. The third-order valence-corrected chi connectivity index (χ3v) is 4.02. The highest BCUT2D eigenvalue weighted by atomic mass is 16.5. The van der Waals surface area contributed by atoms with E-state index in [-0.39, 0.29) is 5.97 Å². The normalized spacial score (nSPS) is 34.8. The van der Waals surface area contributed by atoms with E-state index in [2.05, 4.69) is 17.1 Å². The van der Waals surface area contributed by atoms with Gasteiger partial charge in [0.25, 0.3) is 0 Å². The molecule has 0 aliphatic carbocycles. The summed E-state index contributed by atoms with van der Waals surface area (Å²) in [7, 11) is 1.49. The first-order valence-corrected chi connectivity index (χ1v) is 6.32. The smallest absolute Gasteiger partial charge is 0.327 e. The Bertz CT molecular complexity index is 270. The van der Waals surface area contributed by atoms with Crippen molar-refractivity contribution >= 4 is 5.97 Å². The van der Waals surface area contributed by atoms with Crippen LogP contribution in [0.2, 0.25) is 0 Å². The predicted octanol–water partition coefficient (Wildman–Crippen LogP) is 0.766. The van der Waals surface area contributed by atoms with Gasteiger partial charge in [0.15, 0.2) is 0 Å². The molecular weight excluding hydrogens is 204 g/mol. The molecule has 16 heavy (non-hydrogen) atoms. The number of carbonyl (C=O) groups excluding carboxylic acids is 1. The Morgan fingerprint density at radius 2 is 2.31 bits per heavy atom. The zero-order chi connectivity index (χ0) is 11.6. The highest BCUT2D eigenvalue weighted by molar-refractivity contribution is 5.82. The largest absolute Gasteiger partial charge is 0.468 e. The number of nitrogens with zero attached hydrogens (tertiary/aromatic N) is 1. The number of nitrogens with one attached hydrogen (secondary N) is 1. The van der Waals surface area contributed by atoms with Crippen molar-refractivity contribution in [2.75, 3.05) is 26.7 Å². The van der Waals surface area contributed by atoms with Crippen molar-refractivity contribution in [2.45, 2.75) is 44.2 Å². The van der Waals surface area contributed by atoms with Crippen molar-refractivity contribution in [1.29, 1.82) is 0 Å². The van der Waals surface area contributed by atoms with Gasteiger partial charge >= 0.3 is 5.97 Å². The van der Waals surface area contributed by atoms with Crippen LogP contribution in [0.15, 0.2) is 0 Å². The minimum Gasteiger partial charge on any atom is -0.468 e. The average Bonchev–Trinajstić information content (AvgIpc) is 2.69. The van der Waals surface area contributed by atoms with E-state index in [4.69, 9.17) is 4.74 Å².